The number of carbonyl (C=O) groups is 2. The van der Waals surface area contributed by atoms with Gasteiger partial charge in [0.05, 0.1) is 13.2 Å². The molecule has 2 saturated carbocycles. The summed E-state index contributed by atoms with van der Waals surface area (Å²) in [5.74, 6) is -1.14. The van der Waals surface area contributed by atoms with Gasteiger partial charge in [0.25, 0.3) is 0 Å². The quantitative estimate of drug-likeness (QED) is 0.481. The van der Waals surface area contributed by atoms with Crippen molar-refractivity contribution < 1.29 is 24.2 Å². The molecule has 1 atom stereocenters. The minimum absolute atomic E-state index is 0.111. The van der Waals surface area contributed by atoms with E-state index in [1.807, 2.05) is 30.3 Å². The molecule has 2 N–H and O–H groups in total. The first kappa shape index (κ1) is 29.1. The summed E-state index contributed by atoms with van der Waals surface area (Å²) in [6, 6.07) is 10.0. The summed E-state index contributed by atoms with van der Waals surface area (Å²) in [4.78, 5) is 24.3. The second-order valence-corrected chi connectivity index (χ2v) is 10.8. The molecule has 3 rings (SSSR count). The average molecular weight is 491 g/mol. The number of carboxylic acid groups (broad SMARTS) is 1. The number of carbonyl (C=O) groups excluding carboxylic acids is 1. The van der Waals surface area contributed by atoms with E-state index in [1.54, 1.807) is 20.8 Å². The van der Waals surface area contributed by atoms with E-state index in [1.165, 1.54) is 71.3 Å². The van der Waals surface area contributed by atoms with E-state index in [2.05, 4.69) is 5.32 Å². The van der Waals surface area contributed by atoms with Gasteiger partial charge in [-0.25, -0.2) is 9.59 Å². The molecule has 0 saturated heterocycles. The van der Waals surface area contributed by atoms with Crippen LogP contribution >= 0.6 is 0 Å². The van der Waals surface area contributed by atoms with Crippen LogP contribution in [0, 0.1) is 0 Å². The number of benzene rings is 1. The molecule has 7 heteroatoms. The highest BCUT2D eigenvalue weighted by Crippen LogP contribution is 2.22. The van der Waals surface area contributed by atoms with Gasteiger partial charge in [-0.3, -0.25) is 4.90 Å². The Balaban J connectivity index is 0.000000279. The Morgan fingerprint density at radius 1 is 0.971 bits per heavy atom. The molecule has 0 unspecified atom stereocenters. The number of hydrogen-bond donors (Lipinski definition) is 2. The molecular weight excluding hydrogens is 444 g/mol. The molecule has 35 heavy (non-hydrogen) atoms. The highest BCUT2D eigenvalue weighted by molar-refractivity contribution is 5.80. The SMILES string of the molecule is C1CCC(NC2CCCCC2)CC1.CN(C(=O)OC(C)(C)C)[C@@H](COCc1ccccc1)C(=O)O. The van der Waals surface area contributed by atoms with E-state index in [0.29, 0.717) is 0 Å². The zero-order valence-electron chi connectivity index (χ0n) is 22.1. The number of likely N-dealkylation sites (N-methyl/N-ethyl adjacent to an activating group) is 1. The zero-order chi connectivity index (χ0) is 25.7. The number of amides is 1. The van der Waals surface area contributed by atoms with Crippen LogP contribution in [-0.2, 0) is 20.9 Å². The summed E-state index contributed by atoms with van der Waals surface area (Å²) in [6.45, 7) is 5.34. The molecule has 0 bridgehead atoms. The highest BCUT2D eigenvalue weighted by atomic mass is 16.6. The lowest BCUT2D eigenvalue weighted by atomic mass is 9.91. The van der Waals surface area contributed by atoms with Crippen LogP contribution < -0.4 is 5.32 Å². The molecule has 0 heterocycles. The van der Waals surface area contributed by atoms with Gasteiger partial charge in [0.2, 0.25) is 0 Å². The van der Waals surface area contributed by atoms with E-state index in [9.17, 15) is 14.7 Å². The fourth-order valence-electron chi connectivity index (χ4n) is 4.54. The molecule has 1 aromatic rings. The van der Waals surface area contributed by atoms with Crippen molar-refractivity contribution in [1.29, 1.82) is 0 Å². The number of nitrogens with zero attached hydrogens (tertiary/aromatic N) is 1. The molecular formula is C28H46N2O5. The summed E-state index contributed by atoms with van der Waals surface area (Å²) in [7, 11) is 1.39. The van der Waals surface area contributed by atoms with Gasteiger partial charge >= 0.3 is 12.1 Å². The highest BCUT2D eigenvalue weighted by Gasteiger charge is 2.30. The third-order valence-corrected chi connectivity index (χ3v) is 6.50. The van der Waals surface area contributed by atoms with Crippen molar-refractivity contribution in [3.8, 4) is 0 Å². The number of aliphatic carboxylic acids is 1. The topological polar surface area (TPSA) is 88.1 Å². The Bertz CT molecular complexity index is 721. The fraction of sp³-hybridized carbons (Fsp3) is 0.714. The van der Waals surface area contributed by atoms with Gasteiger partial charge in [-0.1, -0.05) is 68.9 Å². The number of rotatable bonds is 8. The number of ether oxygens (including phenoxy) is 2. The van der Waals surface area contributed by atoms with Crippen molar-refractivity contribution >= 4 is 12.1 Å². The van der Waals surface area contributed by atoms with Crippen LogP contribution in [0.3, 0.4) is 0 Å². The van der Waals surface area contributed by atoms with E-state index >= 15 is 0 Å². The van der Waals surface area contributed by atoms with Crippen LogP contribution in [0.4, 0.5) is 4.79 Å². The third kappa shape index (κ3) is 11.9. The van der Waals surface area contributed by atoms with Crippen molar-refractivity contribution in [2.24, 2.45) is 0 Å². The maximum absolute atomic E-state index is 11.9. The summed E-state index contributed by atoms with van der Waals surface area (Å²) >= 11 is 0. The molecule has 2 fully saturated rings. The van der Waals surface area contributed by atoms with Crippen molar-refractivity contribution in [3.05, 3.63) is 35.9 Å². The Morgan fingerprint density at radius 3 is 1.94 bits per heavy atom. The number of carboxylic acids is 1. The van der Waals surface area contributed by atoms with Gasteiger partial charge in [0.15, 0.2) is 6.04 Å². The molecule has 7 nitrogen and oxygen atoms in total. The van der Waals surface area contributed by atoms with Gasteiger partial charge < -0.3 is 19.9 Å². The maximum atomic E-state index is 11.9. The van der Waals surface area contributed by atoms with Crippen molar-refractivity contribution in [2.45, 2.75) is 115 Å². The lowest BCUT2D eigenvalue weighted by Crippen LogP contribution is -2.47. The van der Waals surface area contributed by atoms with Crippen LogP contribution in [0.1, 0.15) is 90.5 Å². The molecule has 2 aliphatic rings. The molecule has 0 spiro atoms. The minimum Gasteiger partial charge on any atom is -0.480 e. The monoisotopic (exact) mass is 490 g/mol. The van der Waals surface area contributed by atoms with Crippen molar-refractivity contribution in [1.82, 2.24) is 10.2 Å². The van der Waals surface area contributed by atoms with Crippen LogP contribution in [0.5, 0.6) is 0 Å². The van der Waals surface area contributed by atoms with Gasteiger partial charge in [0.1, 0.15) is 5.60 Å². The van der Waals surface area contributed by atoms with E-state index in [0.717, 1.165) is 22.5 Å². The van der Waals surface area contributed by atoms with Gasteiger partial charge in [0, 0.05) is 19.1 Å². The Hall–Kier alpha value is -2.12. The zero-order valence-corrected chi connectivity index (χ0v) is 22.1. The number of nitrogens with one attached hydrogen (secondary N) is 1. The molecule has 1 aromatic carbocycles. The Kier molecular flexibility index (Phi) is 12.6. The third-order valence-electron chi connectivity index (χ3n) is 6.50. The summed E-state index contributed by atoms with van der Waals surface area (Å²) in [6.07, 6.45) is 13.9. The lowest BCUT2D eigenvalue weighted by molar-refractivity contribution is -0.145. The second-order valence-electron chi connectivity index (χ2n) is 10.8. The molecule has 198 valence electrons. The first-order valence-electron chi connectivity index (χ1n) is 13.2. The van der Waals surface area contributed by atoms with Crippen molar-refractivity contribution in [3.63, 3.8) is 0 Å². The van der Waals surface area contributed by atoms with Crippen LogP contribution in [-0.4, -0.2) is 59.5 Å². The predicted molar refractivity (Wildman–Crippen MR) is 138 cm³/mol. The average Bonchev–Trinajstić information content (AvgIpc) is 2.82. The standard InChI is InChI=1S/C16H23NO5.C12H23N/c1-16(2,3)22-15(20)17(4)13(14(18)19)11-21-10-12-8-6-5-7-9-12;1-3-7-11(8-4-1)13-12-9-5-2-6-10-12/h5-9,13H,10-11H2,1-4H3,(H,18,19);11-13H,1-10H2/t13-;/m0./s1. The summed E-state index contributed by atoms with van der Waals surface area (Å²) in [5, 5.41) is 13.1. The largest absolute Gasteiger partial charge is 0.480 e. The van der Waals surface area contributed by atoms with Crippen LogP contribution in [0.25, 0.3) is 0 Å². The Labute approximate surface area is 211 Å². The lowest BCUT2D eigenvalue weighted by Gasteiger charge is -2.30. The fourth-order valence-corrected chi connectivity index (χ4v) is 4.54. The second kappa shape index (κ2) is 15.1. The van der Waals surface area contributed by atoms with Gasteiger partial charge in [-0.2, -0.15) is 0 Å². The first-order chi connectivity index (χ1) is 16.7. The minimum atomic E-state index is -1.14. The molecule has 0 aromatic heterocycles. The molecule has 1 amide bonds. The number of hydrogen-bond acceptors (Lipinski definition) is 5. The summed E-state index contributed by atoms with van der Waals surface area (Å²) in [5.41, 5.74) is 0.255. The van der Waals surface area contributed by atoms with Gasteiger partial charge in [-0.05, 0) is 52.0 Å². The van der Waals surface area contributed by atoms with E-state index < -0.39 is 23.7 Å². The summed E-state index contributed by atoms with van der Waals surface area (Å²) < 4.78 is 10.6. The van der Waals surface area contributed by atoms with Crippen molar-refractivity contribution in [2.75, 3.05) is 13.7 Å². The maximum Gasteiger partial charge on any atom is 0.410 e. The molecule has 0 radical (unpaired) electrons. The van der Waals surface area contributed by atoms with Gasteiger partial charge in [-0.15, -0.1) is 0 Å². The van der Waals surface area contributed by atoms with E-state index in [-0.39, 0.29) is 13.2 Å². The smallest absolute Gasteiger partial charge is 0.410 e. The molecule has 2 aliphatic carbocycles. The predicted octanol–water partition coefficient (Wildman–Crippen LogP) is 5.76. The molecule has 0 aliphatic heterocycles. The van der Waals surface area contributed by atoms with Crippen LogP contribution in [0.15, 0.2) is 30.3 Å². The first-order valence-corrected chi connectivity index (χ1v) is 13.2. The van der Waals surface area contributed by atoms with Crippen LogP contribution in [0.2, 0.25) is 0 Å². The normalized spacial score (nSPS) is 18.2. The Morgan fingerprint density at radius 2 is 1.49 bits per heavy atom. The van der Waals surface area contributed by atoms with E-state index in [4.69, 9.17) is 9.47 Å².